The molecule has 0 saturated heterocycles. The van der Waals surface area contributed by atoms with E-state index in [4.69, 9.17) is 0 Å². The van der Waals surface area contributed by atoms with Crippen LogP contribution in [0.25, 0.3) is 0 Å². The van der Waals surface area contributed by atoms with Crippen molar-refractivity contribution in [3.8, 4) is 0 Å². The molecule has 0 aromatic carbocycles. The van der Waals surface area contributed by atoms with Crippen LogP contribution in [0.15, 0.2) is 10.5 Å². The summed E-state index contributed by atoms with van der Waals surface area (Å²) in [7, 11) is 1.75. The van der Waals surface area contributed by atoms with E-state index >= 15 is 0 Å². The van der Waals surface area contributed by atoms with E-state index in [-0.39, 0.29) is 5.91 Å². The van der Waals surface area contributed by atoms with E-state index in [0.29, 0.717) is 29.9 Å². The largest absolute Gasteiger partial charge is 0.355 e. The molecule has 1 amide bonds. The van der Waals surface area contributed by atoms with Gasteiger partial charge in [0.1, 0.15) is 4.88 Å². The summed E-state index contributed by atoms with van der Waals surface area (Å²) >= 11 is 1.36. The van der Waals surface area contributed by atoms with E-state index in [9.17, 15) is 4.79 Å². The van der Waals surface area contributed by atoms with E-state index in [1.165, 1.54) is 17.8 Å². The van der Waals surface area contributed by atoms with Gasteiger partial charge in [0.25, 0.3) is 5.91 Å². The minimum atomic E-state index is -0.0694. The Labute approximate surface area is 143 Å². The zero-order valence-electron chi connectivity index (χ0n) is 14.8. The van der Waals surface area contributed by atoms with Crippen LogP contribution in [0.1, 0.15) is 49.0 Å². The summed E-state index contributed by atoms with van der Waals surface area (Å²) in [5, 5.41) is 9.47. The second-order valence-electron chi connectivity index (χ2n) is 6.04. The number of amides is 1. The number of thiazole rings is 1. The lowest BCUT2D eigenvalue weighted by molar-refractivity contribution is 0.0957. The van der Waals surface area contributed by atoms with E-state index in [2.05, 4.69) is 46.7 Å². The first-order valence-electron chi connectivity index (χ1n) is 8.09. The molecule has 0 aliphatic rings. The Balaban J connectivity index is 2.25. The normalized spacial score (nSPS) is 13.0. The Bertz CT molecular complexity index is 512. The summed E-state index contributed by atoms with van der Waals surface area (Å²) in [5.74, 6) is 1.41. The molecule has 0 spiro atoms. The van der Waals surface area contributed by atoms with Gasteiger partial charge in [-0.15, -0.1) is 11.3 Å². The third-order valence-electron chi connectivity index (χ3n) is 3.44. The van der Waals surface area contributed by atoms with Gasteiger partial charge in [-0.2, -0.15) is 0 Å². The summed E-state index contributed by atoms with van der Waals surface area (Å²) in [6.07, 6.45) is 2.30. The van der Waals surface area contributed by atoms with Crippen molar-refractivity contribution in [1.29, 1.82) is 0 Å². The van der Waals surface area contributed by atoms with Crippen molar-refractivity contribution in [2.24, 2.45) is 10.9 Å². The van der Waals surface area contributed by atoms with Gasteiger partial charge in [0.05, 0.1) is 11.2 Å². The van der Waals surface area contributed by atoms with Crippen molar-refractivity contribution in [2.75, 3.05) is 20.1 Å². The average molecular weight is 340 g/mol. The molecular weight excluding hydrogens is 310 g/mol. The summed E-state index contributed by atoms with van der Waals surface area (Å²) in [5.41, 5.74) is 2.46. The summed E-state index contributed by atoms with van der Waals surface area (Å²) < 4.78 is 0. The molecule has 0 bridgehead atoms. The molecule has 1 aromatic rings. The summed E-state index contributed by atoms with van der Waals surface area (Å²) in [6, 6.07) is 0.373. The van der Waals surface area contributed by atoms with Gasteiger partial charge in [-0.25, -0.2) is 4.98 Å². The molecule has 3 N–H and O–H groups in total. The fourth-order valence-electron chi connectivity index (χ4n) is 2.04. The maximum Gasteiger partial charge on any atom is 0.263 e. The van der Waals surface area contributed by atoms with E-state index in [1.807, 2.05) is 6.92 Å². The fourth-order valence-corrected chi connectivity index (χ4v) is 2.76. The number of aromatic nitrogens is 1. The number of rotatable bonds is 8. The number of guanidine groups is 1. The Hall–Kier alpha value is -1.63. The minimum Gasteiger partial charge on any atom is -0.355 e. The van der Waals surface area contributed by atoms with E-state index in [0.717, 1.165) is 18.1 Å². The second-order valence-corrected chi connectivity index (χ2v) is 6.89. The monoisotopic (exact) mass is 339 g/mol. The van der Waals surface area contributed by atoms with Gasteiger partial charge in [-0.3, -0.25) is 9.79 Å². The first-order chi connectivity index (χ1) is 10.9. The Morgan fingerprint density at radius 3 is 2.52 bits per heavy atom. The lowest BCUT2D eigenvalue weighted by atomic mass is 10.0. The van der Waals surface area contributed by atoms with Gasteiger partial charge in [-0.05, 0) is 32.6 Å². The van der Waals surface area contributed by atoms with Gasteiger partial charge in [0.2, 0.25) is 0 Å². The Kier molecular flexibility index (Phi) is 8.61. The zero-order valence-corrected chi connectivity index (χ0v) is 15.6. The van der Waals surface area contributed by atoms with Crippen molar-refractivity contribution in [3.63, 3.8) is 0 Å². The molecule has 1 rings (SSSR count). The van der Waals surface area contributed by atoms with Gasteiger partial charge in [-0.1, -0.05) is 13.8 Å². The summed E-state index contributed by atoms with van der Waals surface area (Å²) in [4.78, 5) is 20.9. The molecule has 1 aromatic heterocycles. The highest BCUT2D eigenvalue weighted by atomic mass is 32.1. The number of hydrogen-bond donors (Lipinski definition) is 3. The minimum absolute atomic E-state index is 0.0694. The van der Waals surface area contributed by atoms with Crippen LogP contribution in [-0.2, 0) is 0 Å². The van der Waals surface area contributed by atoms with Crippen molar-refractivity contribution in [2.45, 2.75) is 46.6 Å². The first-order valence-corrected chi connectivity index (χ1v) is 8.97. The van der Waals surface area contributed by atoms with Crippen molar-refractivity contribution in [1.82, 2.24) is 20.9 Å². The van der Waals surface area contributed by atoms with Crippen LogP contribution in [0.5, 0.6) is 0 Å². The van der Waals surface area contributed by atoms with Crippen molar-refractivity contribution < 1.29 is 4.79 Å². The maximum absolute atomic E-state index is 12.0. The van der Waals surface area contributed by atoms with Crippen LogP contribution in [0.4, 0.5) is 0 Å². The smallest absolute Gasteiger partial charge is 0.263 e. The van der Waals surface area contributed by atoms with E-state index < -0.39 is 0 Å². The molecule has 0 radical (unpaired) electrons. The van der Waals surface area contributed by atoms with Crippen LogP contribution in [0, 0.1) is 12.8 Å². The molecular formula is C16H29N5OS. The van der Waals surface area contributed by atoms with Crippen LogP contribution in [-0.4, -0.2) is 43.0 Å². The number of nitrogens with zero attached hydrogens (tertiary/aromatic N) is 2. The average Bonchev–Trinajstić information content (AvgIpc) is 2.94. The maximum atomic E-state index is 12.0. The number of nitrogens with one attached hydrogen (secondary N) is 3. The number of aliphatic imine (C=N–C) groups is 1. The van der Waals surface area contributed by atoms with Gasteiger partial charge >= 0.3 is 0 Å². The Morgan fingerprint density at radius 2 is 1.96 bits per heavy atom. The van der Waals surface area contributed by atoms with Crippen molar-refractivity contribution >= 4 is 23.2 Å². The molecule has 0 aliphatic heterocycles. The number of carbonyl (C=O) groups excluding carboxylic acids is 1. The van der Waals surface area contributed by atoms with Crippen LogP contribution in [0.3, 0.4) is 0 Å². The molecule has 23 heavy (non-hydrogen) atoms. The molecule has 130 valence electrons. The quantitative estimate of drug-likeness (QED) is 0.385. The molecule has 7 heteroatoms. The van der Waals surface area contributed by atoms with Crippen LogP contribution >= 0.6 is 11.3 Å². The van der Waals surface area contributed by atoms with Crippen molar-refractivity contribution in [3.05, 3.63) is 16.1 Å². The van der Waals surface area contributed by atoms with Gasteiger partial charge in [0, 0.05) is 26.2 Å². The van der Waals surface area contributed by atoms with Crippen LogP contribution in [0.2, 0.25) is 0 Å². The molecule has 0 saturated carbocycles. The molecule has 0 fully saturated rings. The first kappa shape index (κ1) is 19.4. The second kappa shape index (κ2) is 10.2. The topological polar surface area (TPSA) is 78.4 Å². The lowest BCUT2D eigenvalue weighted by Crippen LogP contribution is -2.44. The lowest BCUT2D eigenvalue weighted by Gasteiger charge is -2.18. The zero-order chi connectivity index (χ0) is 17.2. The van der Waals surface area contributed by atoms with Gasteiger partial charge < -0.3 is 16.0 Å². The number of carbonyl (C=O) groups is 1. The van der Waals surface area contributed by atoms with E-state index in [1.54, 1.807) is 12.6 Å². The number of hydrogen-bond acceptors (Lipinski definition) is 4. The third-order valence-corrected chi connectivity index (χ3v) is 4.37. The molecule has 1 atom stereocenters. The fraction of sp³-hybridized carbons (Fsp3) is 0.688. The molecule has 6 nitrogen and oxygen atoms in total. The van der Waals surface area contributed by atoms with Crippen LogP contribution < -0.4 is 16.0 Å². The Morgan fingerprint density at radius 1 is 1.26 bits per heavy atom. The predicted molar refractivity (Wildman–Crippen MR) is 97.2 cm³/mol. The highest BCUT2D eigenvalue weighted by molar-refractivity contribution is 7.11. The highest BCUT2D eigenvalue weighted by Crippen LogP contribution is 2.11. The molecule has 0 aliphatic carbocycles. The number of aryl methyl sites for hydroxylation is 1. The third kappa shape index (κ3) is 7.45. The predicted octanol–water partition coefficient (Wildman–Crippen LogP) is 2.17. The molecule has 1 heterocycles. The molecule has 1 unspecified atom stereocenters. The van der Waals surface area contributed by atoms with Gasteiger partial charge in [0.15, 0.2) is 5.96 Å². The highest BCUT2D eigenvalue weighted by Gasteiger charge is 2.11. The standard InChI is InChI=1S/C16H29N5OS/c1-11(2)6-7-12(3)21-16(17-5)19-9-8-18-15(22)14-13(4)20-10-23-14/h10-12H,6-9H2,1-5H3,(H,18,22)(H2,17,19,21). The summed E-state index contributed by atoms with van der Waals surface area (Å²) in [6.45, 7) is 9.62. The SMILES string of the molecule is CN=C(NCCNC(=O)c1scnc1C)NC(C)CCC(C)C.